The van der Waals surface area contributed by atoms with Gasteiger partial charge in [-0.3, -0.25) is 4.79 Å². The molecule has 0 aromatic carbocycles. The number of nitrogen functional groups attached to an aromatic ring is 1. The monoisotopic (exact) mass is 220 g/mol. The number of carbonyl (C=O) groups excluding carboxylic acids is 1. The first-order valence-corrected chi connectivity index (χ1v) is 5.35. The van der Waals surface area contributed by atoms with Crippen LogP contribution in [0.3, 0.4) is 0 Å². The molecule has 16 heavy (non-hydrogen) atoms. The topological polar surface area (TPSA) is 85.2 Å². The fourth-order valence-corrected chi connectivity index (χ4v) is 1.68. The highest BCUT2D eigenvalue weighted by Crippen LogP contribution is 2.31. The minimum absolute atomic E-state index is 0.256. The van der Waals surface area contributed by atoms with E-state index in [1.807, 2.05) is 11.9 Å². The van der Waals surface area contributed by atoms with E-state index in [0.717, 1.165) is 12.5 Å². The fraction of sp³-hybridized carbons (Fsp3) is 0.455. The molecule has 1 amide bonds. The van der Waals surface area contributed by atoms with Gasteiger partial charge in [-0.2, -0.15) is 0 Å². The van der Waals surface area contributed by atoms with E-state index in [0.29, 0.717) is 11.5 Å². The van der Waals surface area contributed by atoms with Crippen molar-refractivity contribution >= 4 is 17.4 Å². The maximum atomic E-state index is 11.0. The second-order valence-corrected chi connectivity index (χ2v) is 4.30. The van der Waals surface area contributed by atoms with Gasteiger partial charge >= 0.3 is 0 Å². The van der Waals surface area contributed by atoms with Crippen LogP contribution in [0.1, 0.15) is 23.3 Å². The molecule has 0 unspecified atom stereocenters. The molecule has 1 aromatic heterocycles. The van der Waals surface area contributed by atoms with Gasteiger partial charge in [0.25, 0.3) is 5.91 Å². The molecule has 0 spiro atoms. The van der Waals surface area contributed by atoms with Crippen LogP contribution in [0.4, 0.5) is 11.5 Å². The van der Waals surface area contributed by atoms with Gasteiger partial charge in [-0.05, 0) is 30.9 Å². The van der Waals surface area contributed by atoms with Crippen molar-refractivity contribution in [2.45, 2.75) is 12.8 Å². The zero-order valence-corrected chi connectivity index (χ0v) is 9.31. The first-order valence-electron chi connectivity index (χ1n) is 5.35. The molecular weight excluding hydrogens is 204 g/mol. The molecule has 1 fully saturated rings. The molecule has 5 nitrogen and oxygen atoms in total. The number of primary amides is 1. The van der Waals surface area contributed by atoms with E-state index >= 15 is 0 Å². The van der Waals surface area contributed by atoms with E-state index in [1.54, 1.807) is 12.1 Å². The third kappa shape index (κ3) is 2.24. The average Bonchev–Trinajstić information content (AvgIpc) is 3.01. The Morgan fingerprint density at radius 2 is 2.25 bits per heavy atom. The minimum Gasteiger partial charge on any atom is -0.396 e. The summed E-state index contributed by atoms with van der Waals surface area (Å²) in [5, 5.41) is 0. The number of rotatable bonds is 4. The Labute approximate surface area is 94.4 Å². The number of pyridine rings is 1. The molecule has 86 valence electrons. The van der Waals surface area contributed by atoms with E-state index in [2.05, 4.69) is 4.98 Å². The van der Waals surface area contributed by atoms with Crippen molar-refractivity contribution in [3.8, 4) is 0 Å². The average molecular weight is 220 g/mol. The van der Waals surface area contributed by atoms with Crippen LogP contribution in [-0.2, 0) is 0 Å². The lowest BCUT2D eigenvalue weighted by Gasteiger charge is -2.19. The summed E-state index contributed by atoms with van der Waals surface area (Å²) in [5.41, 5.74) is 11.8. The Hall–Kier alpha value is -1.78. The molecule has 1 saturated carbocycles. The molecule has 1 aliphatic carbocycles. The number of hydrogen-bond donors (Lipinski definition) is 2. The highest BCUT2D eigenvalue weighted by molar-refractivity contribution is 5.91. The lowest BCUT2D eigenvalue weighted by Crippen LogP contribution is -2.24. The molecule has 4 N–H and O–H groups in total. The standard InChI is InChI=1S/C11H16N4O/c1-15(6-7-2-3-7)11-8(12)4-5-9(14-11)10(13)16/h4-5,7H,2-3,6,12H2,1H3,(H2,13,16). The number of nitrogens with two attached hydrogens (primary N) is 2. The Morgan fingerprint density at radius 3 is 2.81 bits per heavy atom. The van der Waals surface area contributed by atoms with Gasteiger partial charge in [0.1, 0.15) is 5.69 Å². The number of hydrogen-bond acceptors (Lipinski definition) is 4. The summed E-state index contributed by atoms with van der Waals surface area (Å²) in [4.78, 5) is 17.2. The summed E-state index contributed by atoms with van der Waals surface area (Å²) < 4.78 is 0. The number of anilines is 2. The van der Waals surface area contributed by atoms with Gasteiger partial charge in [0.2, 0.25) is 0 Å². The number of carbonyl (C=O) groups is 1. The molecule has 5 heteroatoms. The van der Waals surface area contributed by atoms with Gasteiger partial charge in [0.05, 0.1) is 5.69 Å². The number of aromatic nitrogens is 1. The first kappa shape index (κ1) is 10.7. The van der Waals surface area contributed by atoms with Crippen LogP contribution >= 0.6 is 0 Å². The normalized spacial score (nSPS) is 14.8. The summed E-state index contributed by atoms with van der Waals surface area (Å²) in [7, 11) is 1.93. The molecule has 1 heterocycles. The molecule has 1 aliphatic rings. The van der Waals surface area contributed by atoms with Gasteiger partial charge in [0.15, 0.2) is 5.82 Å². The van der Waals surface area contributed by atoms with Crippen molar-refractivity contribution in [1.29, 1.82) is 0 Å². The summed E-state index contributed by atoms with van der Waals surface area (Å²) in [6, 6.07) is 3.22. The predicted octanol–water partition coefficient (Wildman–Crippen LogP) is 0.609. The second-order valence-electron chi connectivity index (χ2n) is 4.30. The van der Waals surface area contributed by atoms with Crippen molar-refractivity contribution < 1.29 is 4.79 Å². The van der Waals surface area contributed by atoms with Crippen molar-refractivity contribution in [3.63, 3.8) is 0 Å². The zero-order valence-electron chi connectivity index (χ0n) is 9.31. The predicted molar refractivity (Wildman–Crippen MR) is 63.2 cm³/mol. The third-order valence-corrected chi connectivity index (χ3v) is 2.75. The van der Waals surface area contributed by atoms with Gasteiger partial charge < -0.3 is 16.4 Å². The van der Waals surface area contributed by atoms with E-state index in [4.69, 9.17) is 11.5 Å². The van der Waals surface area contributed by atoms with Crippen molar-refractivity contribution in [2.24, 2.45) is 11.7 Å². The summed E-state index contributed by atoms with van der Waals surface area (Å²) in [5.74, 6) is 0.854. The second kappa shape index (κ2) is 4.00. The van der Waals surface area contributed by atoms with Gasteiger partial charge in [-0.1, -0.05) is 0 Å². The summed E-state index contributed by atoms with van der Waals surface area (Å²) in [6.07, 6.45) is 2.53. The van der Waals surface area contributed by atoms with Crippen molar-refractivity contribution in [1.82, 2.24) is 4.98 Å². The summed E-state index contributed by atoms with van der Waals surface area (Å²) >= 11 is 0. The molecule has 0 aliphatic heterocycles. The smallest absolute Gasteiger partial charge is 0.267 e. The largest absolute Gasteiger partial charge is 0.396 e. The molecule has 1 aromatic rings. The van der Waals surface area contributed by atoms with E-state index in [1.165, 1.54) is 12.8 Å². The van der Waals surface area contributed by atoms with E-state index in [-0.39, 0.29) is 5.69 Å². The summed E-state index contributed by atoms with van der Waals surface area (Å²) in [6.45, 7) is 0.930. The third-order valence-electron chi connectivity index (χ3n) is 2.75. The number of amides is 1. The van der Waals surface area contributed by atoms with Gasteiger partial charge in [0, 0.05) is 13.6 Å². The molecular formula is C11H16N4O. The molecule has 0 saturated heterocycles. The quantitative estimate of drug-likeness (QED) is 0.778. The van der Waals surface area contributed by atoms with Crippen LogP contribution in [0.25, 0.3) is 0 Å². The molecule has 2 rings (SSSR count). The Bertz CT molecular complexity index is 414. The maximum absolute atomic E-state index is 11.0. The van der Waals surface area contributed by atoms with Crippen LogP contribution in [0, 0.1) is 5.92 Å². The minimum atomic E-state index is -0.527. The highest BCUT2D eigenvalue weighted by atomic mass is 16.1. The SMILES string of the molecule is CN(CC1CC1)c1nc(C(N)=O)ccc1N. The van der Waals surface area contributed by atoms with Crippen molar-refractivity contribution in [3.05, 3.63) is 17.8 Å². The van der Waals surface area contributed by atoms with E-state index in [9.17, 15) is 4.79 Å². The number of nitrogens with zero attached hydrogens (tertiary/aromatic N) is 2. The first-order chi connectivity index (χ1) is 7.58. The van der Waals surface area contributed by atoms with Crippen LogP contribution in [0.5, 0.6) is 0 Å². The maximum Gasteiger partial charge on any atom is 0.267 e. The molecule has 0 radical (unpaired) electrons. The zero-order chi connectivity index (χ0) is 11.7. The van der Waals surface area contributed by atoms with Gasteiger partial charge in [-0.25, -0.2) is 4.98 Å². The Morgan fingerprint density at radius 1 is 1.56 bits per heavy atom. The van der Waals surface area contributed by atoms with Crippen LogP contribution < -0.4 is 16.4 Å². The van der Waals surface area contributed by atoms with Crippen LogP contribution in [0.15, 0.2) is 12.1 Å². The molecule has 0 bridgehead atoms. The Balaban J connectivity index is 2.22. The van der Waals surface area contributed by atoms with Gasteiger partial charge in [-0.15, -0.1) is 0 Å². The molecule has 0 atom stereocenters. The van der Waals surface area contributed by atoms with Crippen LogP contribution in [-0.4, -0.2) is 24.5 Å². The Kier molecular flexibility index (Phi) is 2.68. The lowest BCUT2D eigenvalue weighted by atomic mass is 10.3. The van der Waals surface area contributed by atoms with Crippen LogP contribution in [0.2, 0.25) is 0 Å². The highest BCUT2D eigenvalue weighted by Gasteiger charge is 2.24. The van der Waals surface area contributed by atoms with Crippen molar-refractivity contribution in [2.75, 3.05) is 24.2 Å². The lowest BCUT2D eigenvalue weighted by molar-refractivity contribution is 0.0995. The van der Waals surface area contributed by atoms with E-state index < -0.39 is 5.91 Å². The fourth-order valence-electron chi connectivity index (χ4n) is 1.68.